The van der Waals surface area contributed by atoms with E-state index in [9.17, 15) is 14.4 Å². The van der Waals surface area contributed by atoms with Crippen LogP contribution in [0.25, 0.3) is 0 Å². The number of carbonyl (C=O) groups excluding carboxylic acids is 3. The summed E-state index contributed by atoms with van der Waals surface area (Å²) in [4.78, 5) is 40.2. The third-order valence-corrected chi connectivity index (χ3v) is 5.96. The van der Waals surface area contributed by atoms with E-state index in [1.165, 1.54) is 4.90 Å². The summed E-state index contributed by atoms with van der Waals surface area (Å²) in [5.41, 5.74) is 2.56. The summed E-state index contributed by atoms with van der Waals surface area (Å²) < 4.78 is 5.74. The first-order valence-electron chi connectivity index (χ1n) is 11.8. The van der Waals surface area contributed by atoms with E-state index in [1.807, 2.05) is 38.1 Å². The van der Waals surface area contributed by atoms with Crippen molar-refractivity contribution in [2.24, 2.45) is 5.92 Å². The number of anilines is 2. The van der Waals surface area contributed by atoms with Gasteiger partial charge in [0.05, 0.1) is 6.54 Å². The standard InChI is InChI=1S/C28H28ClN3O4/c1-18(2)14-24(33)30-23-13-7-9-20(16-23)26-25(27(34)31-22-11-4-3-5-12-22)32(28(35)36-26)17-19-8-6-10-21(29)15-19/h3-13,15-16,18,25-26H,14,17H2,1-2H3,(H,30,33)(H,31,34). The van der Waals surface area contributed by atoms with Crippen molar-refractivity contribution in [3.63, 3.8) is 0 Å². The van der Waals surface area contributed by atoms with Crippen LogP contribution in [0.5, 0.6) is 0 Å². The van der Waals surface area contributed by atoms with Crippen LogP contribution in [0, 0.1) is 5.92 Å². The number of benzene rings is 3. The van der Waals surface area contributed by atoms with Gasteiger partial charge in [0, 0.05) is 22.8 Å². The van der Waals surface area contributed by atoms with Gasteiger partial charge in [-0.1, -0.05) is 67.9 Å². The summed E-state index contributed by atoms with van der Waals surface area (Å²) in [6.07, 6.45) is -1.09. The maximum Gasteiger partial charge on any atom is 0.411 e. The molecule has 1 saturated heterocycles. The van der Waals surface area contributed by atoms with Crippen LogP contribution < -0.4 is 10.6 Å². The predicted octanol–water partition coefficient (Wildman–Crippen LogP) is 6.03. The molecular weight excluding hydrogens is 478 g/mol. The molecule has 2 N–H and O–H groups in total. The zero-order valence-electron chi connectivity index (χ0n) is 20.1. The third-order valence-electron chi connectivity index (χ3n) is 5.73. The Balaban J connectivity index is 1.64. The maximum atomic E-state index is 13.5. The Labute approximate surface area is 215 Å². The number of rotatable bonds is 8. The molecular formula is C28H28ClN3O4. The molecule has 7 nitrogen and oxygen atoms in total. The van der Waals surface area contributed by atoms with Gasteiger partial charge in [-0.2, -0.15) is 0 Å². The van der Waals surface area contributed by atoms with Gasteiger partial charge in [-0.25, -0.2) is 4.79 Å². The highest BCUT2D eigenvalue weighted by molar-refractivity contribution is 6.30. The van der Waals surface area contributed by atoms with Crippen molar-refractivity contribution in [1.29, 1.82) is 0 Å². The molecule has 2 atom stereocenters. The summed E-state index contributed by atoms with van der Waals surface area (Å²) in [7, 11) is 0. The summed E-state index contributed by atoms with van der Waals surface area (Å²) in [5.74, 6) is -0.269. The second kappa shape index (κ2) is 11.3. The zero-order chi connectivity index (χ0) is 25.7. The van der Waals surface area contributed by atoms with Gasteiger partial charge in [0.25, 0.3) is 5.91 Å². The van der Waals surface area contributed by atoms with E-state index in [4.69, 9.17) is 16.3 Å². The van der Waals surface area contributed by atoms with Crippen LogP contribution in [0.1, 0.15) is 37.5 Å². The summed E-state index contributed by atoms with van der Waals surface area (Å²) >= 11 is 6.14. The summed E-state index contributed by atoms with van der Waals surface area (Å²) in [6.45, 7) is 4.09. The molecule has 1 aliphatic rings. The average molecular weight is 506 g/mol. The van der Waals surface area contributed by atoms with Crippen molar-refractivity contribution in [3.8, 4) is 0 Å². The van der Waals surface area contributed by atoms with Gasteiger partial charge in [-0.05, 0) is 53.4 Å². The summed E-state index contributed by atoms with van der Waals surface area (Å²) in [6, 6.07) is 22.3. The minimum Gasteiger partial charge on any atom is -0.438 e. The van der Waals surface area contributed by atoms with E-state index in [2.05, 4.69) is 10.6 Å². The van der Waals surface area contributed by atoms with Crippen LogP contribution >= 0.6 is 11.6 Å². The minimum atomic E-state index is -0.946. The molecule has 2 unspecified atom stereocenters. The van der Waals surface area contributed by atoms with Gasteiger partial charge in [0.1, 0.15) is 0 Å². The van der Waals surface area contributed by atoms with Crippen molar-refractivity contribution < 1.29 is 19.1 Å². The number of halogens is 1. The van der Waals surface area contributed by atoms with E-state index in [-0.39, 0.29) is 24.3 Å². The highest BCUT2D eigenvalue weighted by Crippen LogP contribution is 2.35. The molecule has 1 aliphatic heterocycles. The lowest BCUT2D eigenvalue weighted by molar-refractivity contribution is -0.121. The Kier molecular flexibility index (Phi) is 7.90. The maximum absolute atomic E-state index is 13.5. The molecule has 0 spiro atoms. The van der Waals surface area contributed by atoms with E-state index in [0.29, 0.717) is 28.4 Å². The highest BCUT2D eigenvalue weighted by atomic mass is 35.5. The number of cyclic esters (lactones) is 1. The van der Waals surface area contributed by atoms with Gasteiger partial charge in [-0.15, -0.1) is 0 Å². The van der Waals surface area contributed by atoms with Gasteiger partial charge >= 0.3 is 6.09 Å². The molecule has 3 amide bonds. The minimum absolute atomic E-state index is 0.105. The molecule has 1 heterocycles. The molecule has 3 aromatic carbocycles. The van der Waals surface area contributed by atoms with Crippen LogP contribution in [0.2, 0.25) is 5.02 Å². The topological polar surface area (TPSA) is 87.7 Å². The molecule has 0 saturated carbocycles. The monoisotopic (exact) mass is 505 g/mol. The lowest BCUT2D eigenvalue weighted by atomic mass is 9.99. The molecule has 0 bridgehead atoms. The number of nitrogens with one attached hydrogen (secondary N) is 2. The fourth-order valence-corrected chi connectivity index (χ4v) is 4.37. The smallest absolute Gasteiger partial charge is 0.411 e. The first kappa shape index (κ1) is 25.3. The average Bonchev–Trinajstić information content (AvgIpc) is 3.15. The molecule has 8 heteroatoms. The highest BCUT2D eigenvalue weighted by Gasteiger charge is 2.47. The number of nitrogens with zero attached hydrogens (tertiary/aromatic N) is 1. The van der Waals surface area contributed by atoms with Crippen LogP contribution in [0.15, 0.2) is 78.9 Å². The number of ether oxygens (including phenoxy) is 1. The molecule has 1 fully saturated rings. The molecule has 0 aromatic heterocycles. The largest absolute Gasteiger partial charge is 0.438 e. The predicted molar refractivity (Wildman–Crippen MR) is 140 cm³/mol. The lowest BCUT2D eigenvalue weighted by Crippen LogP contribution is -2.43. The summed E-state index contributed by atoms with van der Waals surface area (Å²) in [5, 5.41) is 6.31. The van der Waals surface area contributed by atoms with Gasteiger partial charge in [0.2, 0.25) is 5.91 Å². The fraction of sp³-hybridized carbons (Fsp3) is 0.250. The molecule has 3 aromatic rings. The number of carbonyl (C=O) groups is 3. The molecule has 36 heavy (non-hydrogen) atoms. The third kappa shape index (κ3) is 6.23. The molecule has 186 valence electrons. The second-order valence-electron chi connectivity index (χ2n) is 9.13. The van der Waals surface area contributed by atoms with E-state index in [0.717, 1.165) is 5.56 Å². The normalized spacial score (nSPS) is 17.1. The van der Waals surface area contributed by atoms with Crippen LogP contribution in [-0.2, 0) is 20.9 Å². The number of para-hydroxylation sites is 1. The quantitative estimate of drug-likeness (QED) is 0.391. The fourth-order valence-electron chi connectivity index (χ4n) is 4.16. The van der Waals surface area contributed by atoms with Gasteiger partial charge in [-0.3, -0.25) is 14.5 Å². The molecule has 0 radical (unpaired) electrons. The Bertz CT molecular complexity index is 1250. The zero-order valence-corrected chi connectivity index (χ0v) is 20.9. The van der Waals surface area contributed by atoms with Crippen LogP contribution in [0.3, 0.4) is 0 Å². The Morgan fingerprint density at radius 2 is 1.67 bits per heavy atom. The molecule has 4 rings (SSSR count). The number of hydrogen-bond acceptors (Lipinski definition) is 4. The Morgan fingerprint density at radius 3 is 2.39 bits per heavy atom. The second-order valence-corrected chi connectivity index (χ2v) is 9.57. The first-order chi connectivity index (χ1) is 17.3. The van der Waals surface area contributed by atoms with Crippen molar-refractivity contribution in [3.05, 3.63) is 95.0 Å². The van der Waals surface area contributed by atoms with Gasteiger partial charge < -0.3 is 15.4 Å². The van der Waals surface area contributed by atoms with Gasteiger partial charge in [0.15, 0.2) is 12.1 Å². The number of amides is 3. The van der Waals surface area contributed by atoms with Crippen molar-refractivity contribution in [2.45, 2.75) is 39.0 Å². The van der Waals surface area contributed by atoms with Crippen molar-refractivity contribution >= 4 is 40.9 Å². The van der Waals surface area contributed by atoms with E-state index < -0.39 is 18.2 Å². The first-order valence-corrected chi connectivity index (χ1v) is 12.2. The van der Waals surface area contributed by atoms with Crippen molar-refractivity contribution in [2.75, 3.05) is 10.6 Å². The van der Waals surface area contributed by atoms with Crippen LogP contribution in [-0.4, -0.2) is 28.8 Å². The lowest BCUT2D eigenvalue weighted by Gasteiger charge is -2.24. The Morgan fingerprint density at radius 1 is 0.944 bits per heavy atom. The van der Waals surface area contributed by atoms with E-state index in [1.54, 1.807) is 54.6 Å². The van der Waals surface area contributed by atoms with Crippen molar-refractivity contribution in [1.82, 2.24) is 4.90 Å². The number of hydrogen-bond donors (Lipinski definition) is 2. The van der Waals surface area contributed by atoms with Crippen LogP contribution in [0.4, 0.5) is 16.2 Å². The SMILES string of the molecule is CC(C)CC(=O)Nc1cccc(C2OC(=O)N(Cc3cccc(Cl)c3)C2C(=O)Nc2ccccc2)c1. The Hall–Kier alpha value is -3.84. The van der Waals surface area contributed by atoms with E-state index >= 15 is 0 Å². The molecule has 0 aliphatic carbocycles.